The number of benzene rings is 1. The van der Waals surface area contributed by atoms with Crippen molar-refractivity contribution in [2.45, 2.75) is 58.0 Å². The van der Waals surface area contributed by atoms with Crippen molar-refractivity contribution in [3.8, 4) is 0 Å². The summed E-state index contributed by atoms with van der Waals surface area (Å²) in [5.74, 6) is 3.82. The summed E-state index contributed by atoms with van der Waals surface area (Å²) in [6.45, 7) is 4.01. The SMILES string of the molecule is Cc1ccc(C(C)NC2CC3CC2C2CCCC32)cc1F. The van der Waals surface area contributed by atoms with Crippen molar-refractivity contribution in [3.63, 3.8) is 0 Å². The molecule has 4 rings (SSSR count). The summed E-state index contributed by atoms with van der Waals surface area (Å²) in [6, 6.07) is 6.59. The minimum absolute atomic E-state index is 0.0788. The Kier molecular flexibility index (Phi) is 3.33. The standard InChI is InChI=1S/C19H26FN/c1-11-6-7-13(9-18(11)20)12(2)21-19-10-14-8-17(19)16-5-3-4-15(14)16/h6-7,9,12,14-17,19,21H,3-5,8,10H2,1-2H3. The van der Waals surface area contributed by atoms with Crippen LogP contribution in [0.3, 0.4) is 0 Å². The molecule has 1 aromatic carbocycles. The molecule has 114 valence electrons. The van der Waals surface area contributed by atoms with Gasteiger partial charge >= 0.3 is 0 Å². The van der Waals surface area contributed by atoms with Gasteiger partial charge in [-0.05, 0) is 80.4 Å². The summed E-state index contributed by atoms with van der Waals surface area (Å²) < 4.78 is 13.8. The van der Waals surface area contributed by atoms with Crippen LogP contribution in [0.15, 0.2) is 18.2 Å². The lowest BCUT2D eigenvalue weighted by molar-refractivity contribution is 0.200. The number of rotatable bonds is 3. The first-order valence-corrected chi connectivity index (χ1v) is 8.65. The average Bonchev–Trinajstić information content (AvgIpc) is 3.13. The molecule has 3 aliphatic carbocycles. The predicted molar refractivity (Wildman–Crippen MR) is 83.5 cm³/mol. The zero-order chi connectivity index (χ0) is 14.6. The van der Waals surface area contributed by atoms with Crippen LogP contribution in [0.2, 0.25) is 0 Å². The fourth-order valence-electron chi connectivity index (χ4n) is 5.56. The molecule has 0 amide bonds. The van der Waals surface area contributed by atoms with E-state index in [2.05, 4.69) is 18.3 Å². The van der Waals surface area contributed by atoms with Crippen LogP contribution in [0.25, 0.3) is 0 Å². The van der Waals surface area contributed by atoms with Gasteiger partial charge in [0.1, 0.15) is 5.82 Å². The van der Waals surface area contributed by atoms with E-state index in [4.69, 9.17) is 0 Å². The van der Waals surface area contributed by atoms with Crippen molar-refractivity contribution in [1.82, 2.24) is 5.32 Å². The zero-order valence-corrected chi connectivity index (χ0v) is 13.1. The smallest absolute Gasteiger partial charge is 0.126 e. The van der Waals surface area contributed by atoms with E-state index in [1.165, 1.54) is 32.1 Å². The molecule has 2 bridgehead atoms. The summed E-state index contributed by atoms with van der Waals surface area (Å²) in [5.41, 5.74) is 1.82. The van der Waals surface area contributed by atoms with Crippen LogP contribution < -0.4 is 5.32 Å². The lowest BCUT2D eigenvalue weighted by atomic mass is 9.79. The van der Waals surface area contributed by atoms with Gasteiger partial charge in [-0.25, -0.2) is 4.39 Å². The van der Waals surface area contributed by atoms with Crippen molar-refractivity contribution in [3.05, 3.63) is 35.1 Å². The van der Waals surface area contributed by atoms with Crippen LogP contribution in [-0.2, 0) is 0 Å². The van der Waals surface area contributed by atoms with Gasteiger partial charge in [0.2, 0.25) is 0 Å². The largest absolute Gasteiger partial charge is 0.307 e. The number of aryl methyl sites for hydroxylation is 1. The van der Waals surface area contributed by atoms with E-state index in [0.29, 0.717) is 6.04 Å². The van der Waals surface area contributed by atoms with E-state index >= 15 is 0 Å². The molecule has 21 heavy (non-hydrogen) atoms. The van der Waals surface area contributed by atoms with Crippen molar-refractivity contribution < 1.29 is 4.39 Å². The fourth-order valence-corrected chi connectivity index (χ4v) is 5.56. The Labute approximate surface area is 127 Å². The highest BCUT2D eigenvalue weighted by Gasteiger charge is 2.53. The highest BCUT2D eigenvalue weighted by molar-refractivity contribution is 5.25. The third-order valence-corrected chi connectivity index (χ3v) is 6.59. The van der Waals surface area contributed by atoms with Gasteiger partial charge in [0, 0.05) is 12.1 Å². The van der Waals surface area contributed by atoms with E-state index < -0.39 is 0 Å². The minimum atomic E-state index is -0.0788. The molecule has 6 atom stereocenters. The Hall–Kier alpha value is -0.890. The highest BCUT2D eigenvalue weighted by atomic mass is 19.1. The predicted octanol–water partition coefficient (Wildman–Crippen LogP) is 4.61. The van der Waals surface area contributed by atoms with Gasteiger partial charge in [-0.2, -0.15) is 0 Å². The zero-order valence-electron chi connectivity index (χ0n) is 13.1. The average molecular weight is 287 g/mol. The van der Waals surface area contributed by atoms with Gasteiger partial charge in [-0.1, -0.05) is 18.6 Å². The maximum Gasteiger partial charge on any atom is 0.126 e. The number of hydrogen-bond acceptors (Lipinski definition) is 1. The van der Waals surface area contributed by atoms with Crippen molar-refractivity contribution in [1.29, 1.82) is 0 Å². The second-order valence-electron chi connectivity index (χ2n) is 7.66. The van der Waals surface area contributed by atoms with Gasteiger partial charge < -0.3 is 5.32 Å². The molecule has 1 N–H and O–H groups in total. The van der Waals surface area contributed by atoms with Gasteiger partial charge in [-0.3, -0.25) is 0 Å². The first kappa shape index (κ1) is 13.8. The molecular formula is C19H26FN. The van der Waals surface area contributed by atoms with Crippen LogP contribution in [0.4, 0.5) is 4.39 Å². The van der Waals surface area contributed by atoms with Crippen LogP contribution in [0.5, 0.6) is 0 Å². The molecule has 0 aromatic heterocycles. The summed E-state index contributed by atoms with van der Waals surface area (Å²) >= 11 is 0. The number of fused-ring (bicyclic) bond motifs is 5. The van der Waals surface area contributed by atoms with Crippen molar-refractivity contribution in [2.24, 2.45) is 23.7 Å². The van der Waals surface area contributed by atoms with Gasteiger partial charge in [0.25, 0.3) is 0 Å². The molecule has 3 fully saturated rings. The number of nitrogens with one attached hydrogen (secondary N) is 1. The molecule has 0 aliphatic heterocycles. The summed E-state index contributed by atoms with van der Waals surface area (Å²) in [5, 5.41) is 3.82. The van der Waals surface area contributed by atoms with E-state index in [0.717, 1.165) is 34.8 Å². The van der Waals surface area contributed by atoms with Crippen LogP contribution in [0.1, 0.15) is 56.2 Å². The van der Waals surface area contributed by atoms with E-state index in [1.54, 1.807) is 6.07 Å². The topological polar surface area (TPSA) is 12.0 Å². The highest BCUT2D eigenvalue weighted by Crippen LogP contribution is 2.58. The first-order chi connectivity index (χ1) is 10.1. The van der Waals surface area contributed by atoms with Crippen LogP contribution >= 0.6 is 0 Å². The normalized spacial score (nSPS) is 38.7. The molecule has 0 spiro atoms. The molecule has 3 aliphatic rings. The molecule has 0 saturated heterocycles. The molecule has 3 saturated carbocycles. The second kappa shape index (κ2) is 5.08. The first-order valence-electron chi connectivity index (χ1n) is 8.65. The summed E-state index contributed by atoms with van der Waals surface area (Å²) in [4.78, 5) is 0. The van der Waals surface area contributed by atoms with Gasteiger partial charge in [-0.15, -0.1) is 0 Å². The minimum Gasteiger partial charge on any atom is -0.307 e. The molecule has 1 nitrogen and oxygen atoms in total. The van der Waals surface area contributed by atoms with Gasteiger partial charge in [0.05, 0.1) is 0 Å². The second-order valence-corrected chi connectivity index (χ2v) is 7.66. The third kappa shape index (κ3) is 2.23. The van der Waals surface area contributed by atoms with Gasteiger partial charge in [0.15, 0.2) is 0 Å². The Morgan fingerprint density at radius 3 is 2.76 bits per heavy atom. The molecule has 0 radical (unpaired) electrons. The maximum atomic E-state index is 13.8. The lowest BCUT2D eigenvalue weighted by Crippen LogP contribution is -2.40. The monoisotopic (exact) mass is 287 g/mol. The quantitative estimate of drug-likeness (QED) is 0.856. The van der Waals surface area contributed by atoms with Crippen LogP contribution in [0, 0.1) is 36.4 Å². The maximum absolute atomic E-state index is 13.8. The van der Waals surface area contributed by atoms with E-state index in [9.17, 15) is 4.39 Å². The summed E-state index contributed by atoms with van der Waals surface area (Å²) in [7, 11) is 0. The van der Waals surface area contributed by atoms with Crippen molar-refractivity contribution >= 4 is 0 Å². The Balaban J connectivity index is 1.45. The third-order valence-electron chi connectivity index (χ3n) is 6.59. The van der Waals surface area contributed by atoms with Crippen molar-refractivity contribution in [2.75, 3.05) is 0 Å². The molecular weight excluding hydrogens is 261 g/mol. The van der Waals surface area contributed by atoms with E-state index in [-0.39, 0.29) is 11.9 Å². The summed E-state index contributed by atoms with van der Waals surface area (Å²) in [6.07, 6.45) is 7.19. The molecule has 0 heterocycles. The Bertz CT molecular complexity index is 540. The molecule has 6 unspecified atom stereocenters. The number of halogens is 1. The lowest BCUT2D eigenvalue weighted by Gasteiger charge is -2.34. The molecule has 1 aromatic rings. The van der Waals surface area contributed by atoms with E-state index in [1.807, 2.05) is 13.0 Å². The van der Waals surface area contributed by atoms with Crippen LogP contribution in [-0.4, -0.2) is 6.04 Å². The number of hydrogen-bond donors (Lipinski definition) is 1. The Morgan fingerprint density at radius 2 is 1.95 bits per heavy atom. The molecule has 2 heteroatoms. The Morgan fingerprint density at radius 1 is 1.14 bits per heavy atom. The fraction of sp³-hybridized carbons (Fsp3) is 0.684.